The minimum Gasteiger partial charge on any atom is -0.310 e. The topological polar surface area (TPSA) is 12.0 Å². The molecule has 1 aromatic heterocycles. The van der Waals surface area contributed by atoms with Crippen LogP contribution in [0, 0.1) is 6.92 Å². The summed E-state index contributed by atoms with van der Waals surface area (Å²) in [4.78, 5) is 2.87. The Hall–Kier alpha value is -1.12. The second-order valence-corrected chi connectivity index (χ2v) is 5.86. The smallest absolute Gasteiger partial charge is 0.0208 e. The van der Waals surface area contributed by atoms with Gasteiger partial charge in [-0.1, -0.05) is 30.3 Å². The lowest BCUT2D eigenvalue weighted by molar-refractivity contribution is 0.548. The molecule has 1 aromatic carbocycles. The fraction of sp³-hybridized carbons (Fsp3) is 0.333. The van der Waals surface area contributed by atoms with Crippen LogP contribution in [-0.4, -0.2) is 6.04 Å². The van der Waals surface area contributed by atoms with Gasteiger partial charge in [-0.15, -0.1) is 11.3 Å². The number of hydrogen-bond acceptors (Lipinski definition) is 2. The third-order valence-corrected chi connectivity index (χ3v) is 3.82. The van der Waals surface area contributed by atoms with E-state index < -0.39 is 0 Å². The molecule has 0 fully saturated rings. The Labute approximate surface area is 108 Å². The molecule has 17 heavy (non-hydrogen) atoms. The van der Waals surface area contributed by atoms with Crippen LogP contribution in [0.15, 0.2) is 42.5 Å². The van der Waals surface area contributed by atoms with E-state index in [0.717, 1.165) is 13.0 Å². The maximum Gasteiger partial charge on any atom is 0.0208 e. The minimum atomic E-state index is 0.522. The zero-order valence-corrected chi connectivity index (χ0v) is 11.3. The Bertz CT molecular complexity index is 447. The predicted molar refractivity (Wildman–Crippen MR) is 75.5 cm³/mol. The van der Waals surface area contributed by atoms with Gasteiger partial charge >= 0.3 is 0 Å². The molecular weight excluding hydrogens is 226 g/mol. The molecule has 0 radical (unpaired) electrons. The van der Waals surface area contributed by atoms with Gasteiger partial charge in [-0.05, 0) is 38.0 Å². The standard InChI is InChI=1S/C15H19NS/c1-12(10-15-9-8-13(2)17-15)16-11-14-6-4-3-5-7-14/h3-9,12,16H,10-11H2,1-2H3. The van der Waals surface area contributed by atoms with Crippen LogP contribution in [0.3, 0.4) is 0 Å². The van der Waals surface area contributed by atoms with E-state index in [2.05, 4.69) is 61.6 Å². The first-order chi connectivity index (χ1) is 8.24. The van der Waals surface area contributed by atoms with Gasteiger partial charge in [-0.3, -0.25) is 0 Å². The molecule has 2 rings (SSSR count). The van der Waals surface area contributed by atoms with Crippen molar-refractivity contribution in [3.05, 3.63) is 57.8 Å². The van der Waals surface area contributed by atoms with Gasteiger partial charge in [0.05, 0.1) is 0 Å². The van der Waals surface area contributed by atoms with Crippen LogP contribution in [0.25, 0.3) is 0 Å². The number of benzene rings is 1. The average Bonchev–Trinajstić information content (AvgIpc) is 2.73. The normalized spacial score (nSPS) is 12.6. The molecule has 1 unspecified atom stereocenters. The molecule has 0 saturated carbocycles. The second-order valence-electron chi connectivity index (χ2n) is 4.48. The van der Waals surface area contributed by atoms with Crippen molar-refractivity contribution in [3.63, 3.8) is 0 Å². The highest BCUT2D eigenvalue weighted by atomic mass is 32.1. The molecule has 0 amide bonds. The van der Waals surface area contributed by atoms with Gasteiger partial charge in [0.2, 0.25) is 0 Å². The Morgan fingerprint density at radius 2 is 1.88 bits per heavy atom. The predicted octanol–water partition coefficient (Wildman–Crippen LogP) is 3.78. The summed E-state index contributed by atoms with van der Waals surface area (Å²) < 4.78 is 0. The molecule has 0 bridgehead atoms. The van der Waals surface area contributed by atoms with Crippen LogP contribution < -0.4 is 5.32 Å². The van der Waals surface area contributed by atoms with Gasteiger partial charge in [0, 0.05) is 22.3 Å². The quantitative estimate of drug-likeness (QED) is 0.845. The zero-order valence-electron chi connectivity index (χ0n) is 10.4. The molecule has 2 heteroatoms. The first kappa shape index (κ1) is 12.3. The molecule has 1 N–H and O–H groups in total. The van der Waals surface area contributed by atoms with Gasteiger partial charge in [0.15, 0.2) is 0 Å². The summed E-state index contributed by atoms with van der Waals surface area (Å²) in [7, 11) is 0. The summed E-state index contributed by atoms with van der Waals surface area (Å²) in [5.74, 6) is 0. The van der Waals surface area contributed by atoms with Crippen LogP contribution in [-0.2, 0) is 13.0 Å². The molecule has 0 aliphatic heterocycles. The van der Waals surface area contributed by atoms with Crippen molar-refractivity contribution in [1.82, 2.24) is 5.32 Å². The largest absolute Gasteiger partial charge is 0.310 e. The van der Waals surface area contributed by atoms with E-state index in [-0.39, 0.29) is 0 Å². The lowest BCUT2D eigenvalue weighted by atomic mass is 10.2. The maximum absolute atomic E-state index is 3.56. The Balaban J connectivity index is 1.80. The molecule has 1 atom stereocenters. The molecule has 2 aromatic rings. The highest BCUT2D eigenvalue weighted by Crippen LogP contribution is 2.16. The van der Waals surface area contributed by atoms with Crippen LogP contribution in [0.4, 0.5) is 0 Å². The Morgan fingerprint density at radius 1 is 1.12 bits per heavy atom. The summed E-state index contributed by atoms with van der Waals surface area (Å²) in [6, 6.07) is 15.5. The van der Waals surface area contributed by atoms with E-state index in [1.807, 2.05) is 11.3 Å². The van der Waals surface area contributed by atoms with Gasteiger partial charge in [-0.2, -0.15) is 0 Å². The molecule has 0 aliphatic carbocycles. The van der Waals surface area contributed by atoms with Crippen molar-refractivity contribution in [1.29, 1.82) is 0 Å². The number of thiophene rings is 1. The molecule has 0 saturated heterocycles. The van der Waals surface area contributed by atoms with Crippen molar-refractivity contribution < 1.29 is 0 Å². The Kier molecular flexibility index (Phi) is 4.35. The molecule has 90 valence electrons. The van der Waals surface area contributed by atoms with Crippen molar-refractivity contribution in [3.8, 4) is 0 Å². The van der Waals surface area contributed by atoms with E-state index in [4.69, 9.17) is 0 Å². The average molecular weight is 245 g/mol. The van der Waals surface area contributed by atoms with Gasteiger partial charge < -0.3 is 5.32 Å². The first-order valence-electron chi connectivity index (χ1n) is 6.06. The zero-order chi connectivity index (χ0) is 12.1. The molecule has 1 heterocycles. The van der Waals surface area contributed by atoms with Gasteiger partial charge in [0.1, 0.15) is 0 Å². The fourth-order valence-electron chi connectivity index (χ4n) is 1.86. The van der Waals surface area contributed by atoms with E-state index in [9.17, 15) is 0 Å². The first-order valence-corrected chi connectivity index (χ1v) is 6.88. The van der Waals surface area contributed by atoms with Crippen LogP contribution in [0.5, 0.6) is 0 Å². The fourth-order valence-corrected chi connectivity index (χ4v) is 2.88. The third-order valence-electron chi connectivity index (χ3n) is 2.80. The van der Waals surface area contributed by atoms with Gasteiger partial charge in [-0.25, -0.2) is 0 Å². The lowest BCUT2D eigenvalue weighted by Gasteiger charge is -2.12. The van der Waals surface area contributed by atoms with E-state index >= 15 is 0 Å². The number of hydrogen-bond donors (Lipinski definition) is 1. The maximum atomic E-state index is 3.56. The minimum absolute atomic E-state index is 0.522. The van der Waals surface area contributed by atoms with Crippen LogP contribution >= 0.6 is 11.3 Å². The van der Waals surface area contributed by atoms with E-state index in [0.29, 0.717) is 6.04 Å². The summed E-state index contributed by atoms with van der Waals surface area (Å²) in [5.41, 5.74) is 1.35. The molecule has 1 nitrogen and oxygen atoms in total. The number of aryl methyl sites for hydroxylation is 1. The lowest BCUT2D eigenvalue weighted by Crippen LogP contribution is -2.27. The summed E-state index contributed by atoms with van der Waals surface area (Å²) >= 11 is 1.90. The third kappa shape index (κ3) is 3.99. The van der Waals surface area contributed by atoms with E-state index in [1.165, 1.54) is 15.3 Å². The summed E-state index contributed by atoms with van der Waals surface area (Å²) in [6.07, 6.45) is 1.12. The van der Waals surface area contributed by atoms with Crippen molar-refractivity contribution in [2.75, 3.05) is 0 Å². The molecule has 0 spiro atoms. The summed E-state index contributed by atoms with van der Waals surface area (Å²) in [6.45, 7) is 5.36. The van der Waals surface area contributed by atoms with Crippen molar-refractivity contribution in [2.24, 2.45) is 0 Å². The second kappa shape index (κ2) is 5.99. The Morgan fingerprint density at radius 3 is 2.53 bits per heavy atom. The van der Waals surface area contributed by atoms with E-state index in [1.54, 1.807) is 0 Å². The summed E-state index contributed by atoms with van der Waals surface area (Å²) in [5, 5.41) is 3.56. The molecule has 0 aliphatic rings. The van der Waals surface area contributed by atoms with Crippen LogP contribution in [0.1, 0.15) is 22.2 Å². The highest BCUT2D eigenvalue weighted by Gasteiger charge is 2.04. The number of rotatable bonds is 5. The monoisotopic (exact) mass is 245 g/mol. The molecular formula is C15H19NS. The van der Waals surface area contributed by atoms with Gasteiger partial charge in [0.25, 0.3) is 0 Å². The van der Waals surface area contributed by atoms with Crippen molar-refractivity contribution in [2.45, 2.75) is 32.9 Å². The van der Waals surface area contributed by atoms with Crippen molar-refractivity contribution >= 4 is 11.3 Å². The SMILES string of the molecule is Cc1ccc(CC(C)NCc2ccccc2)s1. The van der Waals surface area contributed by atoms with Crippen LogP contribution in [0.2, 0.25) is 0 Å². The highest BCUT2D eigenvalue weighted by molar-refractivity contribution is 7.11. The number of nitrogens with one attached hydrogen (secondary N) is 1.